The van der Waals surface area contributed by atoms with Gasteiger partial charge in [0.15, 0.2) is 0 Å². The third-order valence-corrected chi connectivity index (χ3v) is 3.40. The summed E-state index contributed by atoms with van der Waals surface area (Å²) in [5.41, 5.74) is 0.175. The van der Waals surface area contributed by atoms with Crippen molar-refractivity contribution in [2.45, 2.75) is 38.9 Å². The molecule has 0 aliphatic rings. The Bertz CT molecular complexity index is 371. The van der Waals surface area contributed by atoms with Gasteiger partial charge in [-0.3, -0.25) is 0 Å². The van der Waals surface area contributed by atoms with Crippen molar-refractivity contribution >= 4 is 17.3 Å². The zero-order valence-electron chi connectivity index (χ0n) is 11.2. The second-order valence-corrected chi connectivity index (χ2v) is 4.78. The van der Waals surface area contributed by atoms with E-state index in [0.29, 0.717) is 18.5 Å². The van der Waals surface area contributed by atoms with Crippen LogP contribution in [0.1, 0.15) is 32.3 Å². The Morgan fingerprint density at radius 1 is 1.11 bits per heavy atom. The summed E-state index contributed by atoms with van der Waals surface area (Å²) < 4.78 is 37.6. The van der Waals surface area contributed by atoms with Crippen molar-refractivity contribution < 1.29 is 13.2 Å². The van der Waals surface area contributed by atoms with E-state index in [1.807, 2.05) is 0 Å². The highest BCUT2D eigenvalue weighted by Gasteiger charge is 2.30. The number of halogens is 4. The normalized spacial score (nSPS) is 11.9. The predicted octanol–water partition coefficient (Wildman–Crippen LogP) is 4.94. The van der Waals surface area contributed by atoms with Gasteiger partial charge < -0.3 is 4.90 Å². The topological polar surface area (TPSA) is 3.24 Å². The van der Waals surface area contributed by atoms with E-state index in [1.54, 1.807) is 0 Å². The summed E-state index contributed by atoms with van der Waals surface area (Å²) in [5.74, 6) is 0.456. The molecule has 0 saturated heterocycles. The lowest BCUT2D eigenvalue weighted by atomic mass is 10.1. The van der Waals surface area contributed by atoms with Gasteiger partial charge in [0.2, 0.25) is 0 Å². The standard InChI is InChI=1S/C14H19ClF3N/c1-3-12(4-2)19(10-9-15)13-7-5-11(6-8-13)14(16,17)18/h5-8,12H,3-4,9-10H2,1-2H3. The van der Waals surface area contributed by atoms with E-state index in [0.717, 1.165) is 30.7 Å². The van der Waals surface area contributed by atoms with Crippen molar-refractivity contribution in [3.05, 3.63) is 29.8 Å². The predicted molar refractivity (Wildman–Crippen MR) is 73.9 cm³/mol. The number of benzene rings is 1. The molecule has 0 saturated carbocycles. The molecule has 1 rings (SSSR count). The Kier molecular flexibility index (Phi) is 5.98. The Balaban J connectivity index is 2.97. The summed E-state index contributed by atoms with van der Waals surface area (Å²) in [6, 6.07) is 5.59. The van der Waals surface area contributed by atoms with Gasteiger partial charge >= 0.3 is 6.18 Å². The number of rotatable bonds is 6. The average Bonchev–Trinajstić information content (AvgIpc) is 2.38. The lowest BCUT2D eigenvalue weighted by Crippen LogP contribution is -2.36. The highest BCUT2D eigenvalue weighted by molar-refractivity contribution is 6.18. The third-order valence-electron chi connectivity index (χ3n) is 3.23. The minimum Gasteiger partial charge on any atom is -0.367 e. The highest BCUT2D eigenvalue weighted by Crippen LogP contribution is 2.31. The molecule has 0 spiro atoms. The first-order valence-electron chi connectivity index (χ1n) is 6.43. The van der Waals surface area contributed by atoms with Crippen LogP contribution in [0.25, 0.3) is 0 Å². The van der Waals surface area contributed by atoms with E-state index in [1.165, 1.54) is 12.1 Å². The zero-order chi connectivity index (χ0) is 14.5. The third kappa shape index (κ3) is 4.30. The van der Waals surface area contributed by atoms with Crippen LogP contribution in [0.4, 0.5) is 18.9 Å². The van der Waals surface area contributed by atoms with Gasteiger partial charge in [0.1, 0.15) is 0 Å². The van der Waals surface area contributed by atoms with Gasteiger partial charge in [-0.15, -0.1) is 11.6 Å². The highest BCUT2D eigenvalue weighted by atomic mass is 35.5. The number of anilines is 1. The van der Waals surface area contributed by atoms with Crippen molar-refractivity contribution in [2.24, 2.45) is 0 Å². The summed E-state index contributed by atoms with van der Waals surface area (Å²) in [5, 5.41) is 0. The Morgan fingerprint density at radius 2 is 1.63 bits per heavy atom. The molecule has 1 aromatic rings. The van der Waals surface area contributed by atoms with Gasteiger partial charge in [-0.05, 0) is 37.1 Å². The average molecular weight is 294 g/mol. The molecule has 0 N–H and O–H groups in total. The number of hydrogen-bond acceptors (Lipinski definition) is 1. The van der Waals surface area contributed by atoms with Gasteiger partial charge in [0.05, 0.1) is 5.56 Å². The largest absolute Gasteiger partial charge is 0.416 e. The fraction of sp³-hybridized carbons (Fsp3) is 0.571. The summed E-state index contributed by atoms with van der Waals surface area (Å²) in [6.45, 7) is 4.78. The summed E-state index contributed by atoms with van der Waals surface area (Å²) in [6.07, 6.45) is -2.41. The van der Waals surface area contributed by atoms with Crippen LogP contribution in [0.15, 0.2) is 24.3 Å². The van der Waals surface area contributed by atoms with Gasteiger partial charge in [0.25, 0.3) is 0 Å². The maximum atomic E-state index is 12.5. The molecule has 1 nitrogen and oxygen atoms in total. The molecule has 0 atom stereocenters. The minimum atomic E-state index is -4.29. The monoisotopic (exact) mass is 293 g/mol. The van der Waals surface area contributed by atoms with Crippen LogP contribution in [0.3, 0.4) is 0 Å². The summed E-state index contributed by atoms with van der Waals surface area (Å²) in [4.78, 5) is 2.08. The molecule has 0 fully saturated rings. The molecule has 0 aromatic heterocycles. The first-order valence-corrected chi connectivity index (χ1v) is 6.97. The Hall–Kier alpha value is -0.900. The molecule has 19 heavy (non-hydrogen) atoms. The first kappa shape index (κ1) is 16.2. The van der Waals surface area contributed by atoms with Gasteiger partial charge in [-0.1, -0.05) is 13.8 Å². The molecule has 0 bridgehead atoms. The molecular weight excluding hydrogens is 275 g/mol. The molecule has 0 radical (unpaired) electrons. The Morgan fingerprint density at radius 3 is 2.00 bits per heavy atom. The molecule has 1 aromatic carbocycles. The van der Waals surface area contributed by atoms with E-state index in [2.05, 4.69) is 18.7 Å². The van der Waals surface area contributed by atoms with Crippen LogP contribution in [0, 0.1) is 0 Å². The van der Waals surface area contributed by atoms with E-state index in [4.69, 9.17) is 11.6 Å². The van der Waals surface area contributed by atoms with Crippen molar-refractivity contribution in [1.29, 1.82) is 0 Å². The SMILES string of the molecule is CCC(CC)N(CCCl)c1ccc(C(F)(F)F)cc1. The summed E-state index contributed by atoms with van der Waals surface area (Å²) in [7, 11) is 0. The zero-order valence-corrected chi connectivity index (χ0v) is 11.9. The molecule has 108 valence electrons. The summed E-state index contributed by atoms with van der Waals surface area (Å²) >= 11 is 5.79. The van der Waals surface area contributed by atoms with E-state index in [9.17, 15) is 13.2 Å². The lowest BCUT2D eigenvalue weighted by molar-refractivity contribution is -0.137. The maximum Gasteiger partial charge on any atom is 0.416 e. The van der Waals surface area contributed by atoms with Crippen LogP contribution in [0.5, 0.6) is 0 Å². The van der Waals surface area contributed by atoms with Gasteiger partial charge in [0, 0.05) is 24.2 Å². The van der Waals surface area contributed by atoms with Crippen molar-refractivity contribution in [2.75, 3.05) is 17.3 Å². The van der Waals surface area contributed by atoms with Crippen molar-refractivity contribution in [1.82, 2.24) is 0 Å². The van der Waals surface area contributed by atoms with Crippen LogP contribution in [0.2, 0.25) is 0 Å². The van der Waals surface area contributed by atoms with E-state index >= 15 is 0 Å². The van der Waals surface area contributed by atoms with Gasteiger partial charge in [-0.2, -0.15) is 13.2 Å². The lowest BCUT2D eigenvalue weighted by Gasteiger charge is -2.32. The second-order valence-electron chi connectivity index (χ2n) is 4.40. The van der Waals surface area contributed by atoms with E-state index < -0.39 is 11.7 Å². The fourth-order valence-electron chi connectivity index (χ4n) is 2.18. The molecule has 0 amide bonds. The molecule has 0 unspecified atom stereocenters. The van der Waals surface area contributed by atoms with Crippen LogP contribution >= 0.6 is 11.6 Å². The first-order chi connectivity index (χ1) is 8.93. The van der Waals surface area contributed by atoms with Gasteiger partial charge in [-0.25, -0.2) is 0 Å². The molecule has 0 aliphatic heterocycles. The van der Waals surface area contributed by atoms with Crippen molar-refractivity contribution in [3.8, 4) is 0 Å². The quantitative estimate of drug-likeness (QED) is 0.672. The van der Waals surface area contributed by atoms with Crippen molar-refractivity contribution in [3.63, 3.8) is 0 Å². The molecular formula is C14H19ClF3N. The minimum absolute atomic E-state index is 0.301. The smallest absolute Gasteiger partial charge is 0.367 e. The number of hydrogen-bond donors (Lipinski definition) is 0. The van der Waals surface area contributed by atoms with Crippen LogP contribution in [-0.4, -0.2) is 18.5 Å². The van der Waals surface area contributed by atoms with E-state index in [-0.39, 0.29) is 0 Å². The van der Waals surface area contributed by atoms with Crippen LogP contribution in [-0.2, 0) is 6.18 Å². The number of nitrogens with zero attached hydrogens (tertiary/aromatic N) is 1. The Labute approximate surface area is 117 Å². The molecule has 0 aliphatic carbocycles. The maximum absolute atomic E-state index is 12.5. The molecule has 0 heterocycles. The number of alkyl halides is 4. The molecule has 5 heteroatoms. The fourth-order valence-corrected chi connectivity index (χ4v) is 2.37. The van der Waals surface area contributed by atoms with Crippen LogP contribution < -0.4 is 4.90 Å². The second kappa shape index (κ2) is 7.04.